The second kappa shape index (κ2) is 5.78. The molecule has 0 spiro atoms. The summed E-state index contributed by atoms with van der Waals surface area (Å²) < 4.78 is 1.08. The van der Waals surface area contributed by atoms with Crippen molar-refractivity contribution in [1.29, 1.82) is 0 Å². The fourth-order valence-electron chi connectivity index (χ4n) is 2.49. The van der Waals surface area contributed by atoms with Crippen molar-refractivity contribution in [1.82, 2.24) is 0 Å². The van der Waals surface area contributed by atoms with Gasteiger partial charge < -0.3 is 10.4 Å². The number of hydrogen-bond acceptors (Lipinski definition) is 2. The first kappa shape index (κ1) is 14.0. The van der Waals surface area contributed by atoms with Gasteiger partial charge in [-0.25, -0.2) is 0 Å². The number of aromatic hydroxyl groups is 1. The van der Waals surface area contributed by atoms with E-state index in [0.717, 1.165) is 15.7 Å². The lowest BCUT2D eigenvalue weighted by molar-refractivity contribution is 0.465. The van der Waals surface area contributed by atoms with Crippen molar-refractivity contribution in [2.75, 3.05) is 5.32 Å². The van der Waals surface area contributed by atoms with Crippen molar-refractivity contribution in [2.24, 2.45) is 0 Å². The molecule has 0 aliphatic heterocycles. The SMILES string of the molecule is CC(Nc1ccc2cc(Br)ccc2c1)c1ccccc1O. The Bertz CT molecular complexity index is 785. The number of para-hydroxylation sites is 1. The normalized spacial score (nSPS) is 12.3. The summed E-state index contributed by atoms with van der Waals surface area (Å²) in [5.41, 5.74) is 1.94. The highest BCUT2D eigenvalue weighted by atomic mass is 79.9. The molecule has 0 saturated carbocycles. The predicted molar refractivity (Wildman–Crippen MR) is 91.8 cm³/mol. The highest BCUT2D eigenvalue weighted by Gasteiger charge is 2.09. The predicted octanol–water partition coefficient (Wildman–Crippen LogP) is 5.48. The Labute approximate surface area is 132 Å². The van der Waals surface area contributed by atoms with Gasteiger partial charge in [-0.05, 0) is 48.0 Å². The first-order chi connectivity index (χ1) is 10.1. The molecule has 0 amide bonds. The van der Waals surface area contributed by atoms with Gasteiger partial charge in [0.2, 0.25) is 0 Å². The minimum Gasteiger partial charge on any atom is -0.508 e. The molecule has 0 saturated heterocycles. The van der Waals surface area contributed by atoms with E-state index in [2.05, 4.69) is 51.6 Å². The molecule has 3 aromatic carbocycles. The first-order valence-electron chi connectivity index (χ1n) is 6.87. The number of nitrogens with one attached hydrogen (secondary N) is 1. The summed E-state index contributed by atoms with van der Waals surface area (Å²) in [4.78, 5) is 0. The molecule has 0 aliphatic rings. The second-order valence-corrected chi connectivity index (χ2v) is 6.05. The molecule has 21 heavy (non-hydrogen) atoms. The van der Waals surface area contributed by atoms with Gasteiger partial charge >= 0.3 is 0 Å². The van der Waals surface area contributed by atoms with E-state index >= 15 is 0 Å². The van der Waals surface area contributed by atoms with Gasteiger partial charge in [0.1, 0.15) is 5.75 Å². The third kappa shape index (κ3) is 3.03. The quantitative estimate of drug-likeness (QED) is 0.660. The summed E-state index contributed by atoms with van der Waals surface area (Å²) in [5, 5.41) is 15.7. The molecular formula is C18H16BrNO. The van der Waals surface area contributed by atoms with Crippen LogP contribution in [-0.4, -0.2) is 5.11 Å². The first-order valence-corrected chi connectivity index (χ1v) is 7.66. The Balaban J connectivity index is 1.88. The molecule has 0 bridgehead atoms. The summed E-state index contributed by atoms with van der Waals surface area (Å²) in [6, 6.07) is 20.0. The summed E-state index contributed by atoms with van der Waals surface area (Å²) in [6.45, 7) is 2.04. The van der Waals surface area contributed by atoms with Gasteiger partial charge in [-0.1, -0.05) is 46.3 Å². The van der Waals surface area contributed by atoms with Crippen molar-refractivity contribution in [3.63, 3.8) is 0 Å². The number of halogens is 1. The highest BCUT2D eigenvalue weighted by molar-refractivity contribution is 9.10. The van der Waals surface area contributed by atoms with Crippen LogP contribution in [0.3, 0.4) is 0 Å². The molecule has 3 heteroatoms. The highest BCUT2D eigenvalue weighted by Crippen LogP contribution is 2.28. The van der Waals surface area contributed by atoms with E-state index in [1.54, 1.807) is 6.07 Å². The lowest BCUT2D eigenvalue weighted by atomic mass is 10.1. The molecule has 0 radical (unpaired) electrons. The van der Waals surface area contributed by atoms with E-state index in [4.69, 9.17) is 0 Å². The zero-order chi connectivity index (χ0) is 14.8. The molecule has 0 fully saturated rings. The van der Waals surface area contributed by atoms with Crippen molar-refractivity contribution < 1.29 is 5.11 Å². The van der Waals surface area contributed by atoms with Gasteiger partial charge in [0.25, 0.3) is 0 Å². The molecule has 3 aromatic rings. The van der Waals surface area contributed by atoms with Crippen LogP contribution in [0.4, 0.5) is 5.69 Å². The molecule has 2 N–H and O–H groups in total. The Kier molecular flexibility index (Phi) is 3.84. The number of anilines is 1. The molecule has 106 valence electrons. The Hall–Kier alpha value is -2.00. The summed E-state index contributed by atoms with van der Waals surface area (Å²) >= 11 is 3.49. The van der Waals surface area contributed by atoms with Crippen LogP contribution < -0.4 is 5.32 Å². The third-order valence-electron chi connectivity index (χ3n) is 3.59. The van der Waals surface area contributed by atoms with E-state index in [1.807, 2.05) is 31.2 Å². The zero-order valence-electron chi connectivity index (χ0n) is 11.7. The molecule has 0 aliphatic carbocycles. The summed E-state index contributed by atoms with van der Waals surface area (Å²) in [6.07, 6.45) is 0. The minimum absolute atomic E-state index is 0.0408. The zero-order valence-corrected chi connectivity index (χ0v) is 13.3. The van der Waals surface area contributed by atoms with Crippen molar-refractivity contribution in [3.05, 3.63) is 70.7 Å². The lowest BCUT2D eigenvalue weighted by Crippen LogP contribution is -2.06. The minimum atomic E-state index is 0.0408. The van der Waals surface area contributed by atoms with Gasteiger partial charge in [0, 0.05) is 15.7 Å². The van der Waals surface area contributed by atoms with Crippen LogP contribution in [0.5, 0.6) is 5.75 Å². The van der Waals surface area contributed by atoms with Crippen molar-refractivity contribution >= 4 is 32.4 Å². The molecule has 0 heterocycles. The lowest BCUT2D eigenvalue weighted by Gasteiger charge is -2.17. The van der Waals surface area contributed by atoms with Crippen LogP contribution in [0.2, 0.25) is 0 Å². The van der Waals surface area contributed by atoms with Crippen LogP contribution in [0.1, 0.15) is 18.5 Å². The maximum atomic E-state index is 9.92. The van der Waals surface area contributed by atoms with E-state index < -0.39 is 0 Å². The van der Waals surface area contributed by atoms with Crippen LogP contribution in [0.25, 0.3) is 10.8 Å². The maximum Gasteiger partial charge on any atom is 0.120 e. The largest absolute Gasteiger partial charge is 0.508 e. The van der Waals surface area contributed by atoms with Crippen LogP contribution in [0.15, 0.2) is 65.1 Å². The van der Waals surface area contributed by atoms with Gasteiger partial charge in [0.15, 0.2) is 0 Å². The van der Waals surface area contributed by atoms with Crippen LogP contribution >= 0.6 is 15.9 Å². The standard InChI is InChI=1S/C18H16BrNO/c1-12(17-4-2-3-5-18(17)21)20-16-9-7-13-10-15(19)8-6-14(13)11-16/h2-12,20-21H,1H3. The Morgan fingerprint density at radius 3 is 2.48 bits per heavy atom. The average molecular weight is 342 g/mol. The van der Waals surface area contributed by atoms with Crippen LogP contribution in [-0.2, 0) is 0 Å². The maximum absolute atomic E-state index is 9.92. The molecule has 0 aromatic heterocycles. The van der Waals surface area contributed by atoms with Gasteiger partial charge in [-0.15, -0.1) is 0 Å². The van der Waals surface area contributed by atoms with Crippen molar-refractivity contribution in [3.8, 4) is 5.75 Å². The number of hydrogen-bond donors (Lipinski definition) is 2. The molecule has 1 atom stereocenters. The van der Waals surface area contributed by atoms with Crippen LogP contribution in [0, 0.1) is 0 Å². The van der Waals surface area contributed by atoms with Crippen molar-refractivity contribution in [2.45, 2.75) is 13.0 Å². The Morgan fingerprint density at radius 2 is 1.67 bits per heavy atom. The monoisotopic (exact) mass is 341 g/mol. The number of benzene rings is 3. The fourth-order valence-corrected chi connectivity index (χ4v) is 2.87. The summed E-state index contributed by atoms with van der Waals surface area (Å²) in [5.74, 6) is 0.321. The fraction of sp³-hybridized carbons (Fsp3) is 0.111. The van der Waals surface area contributed by atoms with Gasteiger partial charge in [0.05, 0.1) is 6.04 Å². The number of phenols is 1. The number of fused-ring (bicyclic) bond motifs is 1. The van der Waals surface area contributed by atoms with E-state index in [1.165, 1.54) is 10.8 Å². The second-order valence-electron chi connectivity index (χ2n) is 5.13. The van der Waals surface area contributed by atoms with Gasteiger partial charge in [-0.3, -0.25) is 0 Å². The van der Waals surface area contributed by atoms with E-state index in [9.17, 15) is 5.11 Å². The topological polar surface area (TPSA) is 32.3 Å². The smallest absolute Gasteiger partial charge is 0.120 e. The van der Waals surface area contributed by atoms with E-state index in [0.29, 0.717) is 5.75 Å². The molecule has 2 nitrogen and oxygen atoms in total. The third-order valence-corrected chi connectivity index (χ3v) is 4.08. The molecule has 3 rings (SSSR count). The Morgan fingerprint density at radius 1 is 0.952 bits per heavy atom. The molecule has 1 unspecified atom stereocenters. The average Bonchev–Trinajstić information content (AvgIpc) is 2.48. The number of rotatable bonds is 3. The summed E-state index contributed by atoms with van der Waals surface area (Å²) in [7, 11) is 0. The van der Waals surface area contributed by atoms with E-state index in [-0.39, 0.29) is 6.04 Å². The number of phenolic OH excluding ortho intramolecular Hbond substituents is 1. The van der Waals surface area contributed by atoms with Gasteiger partial charge in [-0.2, -0.15) is 0 Å². The molecular weight excluding hydrogens is 326 g/mol.